The van der Waals surface area contributed by atoms with Crippen molar-refractivity contribution in [3.8, 4) is 11.5 Å². The molecule has 0 saturated heterocycles. The van der Waals surface area contributed by atoms with Crippen LogP contribution >= 0.6 is 0 Å². The minimum atomic E-state index is -0.280. The summed E-state index contributed by atoms with van der Waals surface area (Å²) in [5, 5.41) is 9.33. The lowest BCUT2D eigenvalue weighted by molar-refractivity contribution is 0.286. The predicted molar refractivity (Wildman–Crippen MR) is 71.8 cm³/mol. The zero-order chi connectivity index (χ0) is 13.7. The topological polar surface area (TPSA) is 55.5 Å². The van der Waals surface area contributed by atoms with Gasteiger partial charge in [0.05, 0.1) is 6.61 Å². The molecule has 1 atom stereocenters. The molecule has 3 N–H and O–H groups in total. The normalized spacial score (nSPS) is 12.1. The van der Waals surface area contributed by atoms with Gasteiger partial charge in [-0.3, -0.25) is 0 Å². The molecule has 0 saturated carbocycles. The van der Waals surface area contributed by atoms with E-state index in [9.17, 15) is 9.50 Å². The summed E-state index contributed by atoms with van der Waals surface area (Å²) in [5.41, 5.74) is 6.22. The number of ether oxygens (including phenoxy) is 1. The van der Waals surface area contributed by atoms with Crippen molar-refractivity contribution in [1.29, 1.82) is 0 Å². The van der Waals surface area contributed by atoms with Gasteiger partial charge < -0.3 is 15.6 Å². The van der Waals surface area contributed by atoms with Crippen molar-refractivity contribution in [3.63, 3.8) is 0 Å². The summed E-state index contributed by atoms with van der Waals surface area (Å²) in [6, 6.07) is 13.0. The minimum absolute atomic E-state index is 0.132. The summed E-state index contributed by atoms with van der Waals surface area (Å²) >= 11 is 0. The highest BCUT2D eigenvalue weighted by molar-refractivity contribution is 5.32. The predicted octanol–water partition coefficient (Wildman–Crippen LogP) is 2.65. The Hall–Kier alpha value is -2.07. The van der Waals surface area contributed by atoms with Gasteiger partial charge in [-0.1, -0.05) is 24.3 Å². The van der Waals surface area contributed by atoms with Crippen molar-refractivity contribution in [2.24, 2.45) is 5.73 Å². The van der Waals surface area contributed by atoms with Crippen LogP contribution in [0.4, 0.5) is 4.39 Å². The lowest BCUT2D eigenvalue weighted by Crippen LogP contribution is -2.20. The third-order valence-electron chi connectivity index (χ3n) is 2.90. The quantitative estimate of drug-likeness (QED) is 0.870. The molecular weight excluding hydrogens is 245 g/mol. The molecular formula is C15H16FNO2. The molecule has 2 rings (SSSR count). The molecule has 0 fully saturated rings. The van der Waals surface area contributed by atoms with Crippen molar-refractivity contribution in [3.05, 3.63) is 59.9 Å². The fourth-order valence-corrected chi connectivity index (χ4v) is 1.86. The maximum Gasteiger partial charge on any atom is 0.126 e. The molecule has 0 aromatic heterocycles. The molecule has 0 amide bonds. The van der Waals surface area contributed by atoms with Crippen molar-refractivity contribution >= 4 is 0 Å². The van der Waals surface area contributed by atoms with Crippen LogP contribution < -0.4 is 10.5 Å². The number of benzene rings is 2. The first-order valence-corrected chi connectivity index (χ1v) is 6.07. The van der Waals surface area contributed by atoms with E-state index in [1.807, 2.05) is 0 Å². The van der Waals surface area contributed by atoms with Gasteiger partial charge in [0.25, 0.3) is 0 Å². The fourth-order valence-electron chi connectivity index (χ4n) is 1.86. The van der Waals surface area contributed by atoms with E-state index in [1.54, 1.807) is 36.4 Å². The summed E-state index contributed by atoms with van der Waals surface area (Å²) in [6.07, 6.45) is 0. The molecule has 100 valence electrons. The zero-order valence-corrected chi connectivity index (χ0v) is 10.4. The van der Waals surface area contributed by atoms with Crippen LogP contribution in [0.25, 0.3) is 0 Å². The lowest BCUT2D eigenvalue weighted by Gasteiger charge is -2.17. The van der Waals surface area contributed by atoms with Crippen molar-refractivity contribution in [2.45, 2.75) is 5.92 Å². The van der Waals surface area contributed by atoms with E-state index in [0.717, 1.165) is 0 Å². The summed E-state index contributed by atoms with van der Waals surface area (Å²) in [4.78, 5) is 0. The van der Waals surface area contributed by atoms with Crippen LogP contribution in [0, 0.1) is 5.82 Å². The van der Waals surface area contributed by atoms with E-state index in [0.29, 0.717) is 17.9 Å². The Kier molecular flexibility index (Phi) is 4.36. The van der Waals surface area contributed by atoms with Crippen molar-refractivity contribution in [1.82, 2.24) is 0 Å². The Morgan fingerprint density at radius 2 is 1.95 bits per heavy atom. The van der Waals surface area contributed by atoms with Gasteiger partial charge >= 0.3 is 0 Å². The van der Waals surface area contributed by atoms with Gasteiger partial charge in [0.2, 0.25) is 0 Å². The van der Waals surface area contributed by atoms with E-state index < -0.39 is 0 Å². The molecule has 19 heavy (non-hydrogen) atoms. The highest BCUT2D eigenvalue weighted by atomic mass is 19.1. The van der Waals surface area contributed by atoms with Gasteiger partial charge in [-0.25, -0.2) is 4.39 Å². The van der Waals surface area contributed by atoms with Crippen LogP contribution in [-0.2, 0) is 0 Å². The van der Waals surface area contributed by atoms with Crippen LogP contribution in [-0.4, -0.2) is 18.3 Å². The summed E-state index contributed by atoms with van der Waals surface area (Å²) in [7, 11) is 0. The van der Waals surface area contributed by atoms with Gasteiger partial charge in [-0.15, -0.1) is 0 Å². The molecule has 0 radical (unpaired) electrons. The van der Waals surface area contributed by atoms with Crippen LogP contribution in [0.3, 0.4) is 0 Å². The lowest BCUT2D eigenvalue weighted by atomic mass is 10.00. The zero-order valence-electron chi connectivity index (χ0n) is 10.4. The Balaban J connectivity index is 2.06. The van der Waals surface area contributed by atoms with Gasteiger partial charge in [0.1, 0.15) is 17.3 Å². The van der Waals surface area contributed by atoms with E-state index in [2.05, 4.69) is 0 Å². The first kappa shape index (κ1) is 13.4. The SMILES string of the molecule is NCC(COc1cccc(O)c1)c1ccccc1F. The molecule has 0 aliphatic heterocycles. The van der Waals surface area contributed by atoms with E-state index in [4.69, 9.17) is 10.5 Å². The number of hydrogen-bond donors (Lipinski definition) is 2. The summed E-state index contributed by atoms with van der Waals surface area (Å²) < 4.78 is 19.2. The second-order valence-corrected chi connectivity index (χ2v) is 4.26. The fraction of sp³-hybridized carbons (Fsp3) is 0.200. The largest absolute Gasteiger partial charge is 0.508 e. The third-order valence-corrected chi connectivity index (χ3v) is 2.90. The third kappa shape index (κ3) is 3.45. The molecule has 0 bridgehead atoms. The number of rotatable bonds is 5. The molecule has 0 heterocycles. The molecule has 2 aromatic rings. The highest BCUT2D eigenvalue weighted by Crippen LogP contribution is 2.22. The monoisotopic (exact) mass is 261 g/mol. The van der Waals surface area contributed by atoms with Gasteiger partial charge in [0.15, 0.2) is 0 Å². The number of phenolic OH excluding ortho intramolecular Hbond substituents is 1. The number of aromatic hydroxyl groups is 1. The van der Waals surface area contributed by atoms with E-state index in [-0.39, 0.29) is 24.1 Å². The average Bonchev–Trinajstić information content (AvgIpc) is 2.41. The van der Waals surface area contributed by atoms with Crippen LogP contribution in [0.2, 0.25) is 0 Å². The molecule has 0 spiro atoms. The number of halogens is 1. The van der Waals surface area contributed by atoms with E-state index >= 15 is 0 Å². The van der Waals surface area contributed by atoms with Crippen molar-refractivity contribution < 1.29 is 14.2 Å². The number of phenols is 1. The van der Waals surface area contributed by atoms with Gasteiger partial charge in [-0.2, -0.15) is 0 Å². The first-order chi connectivity index (χ1) is 9.20. The average molecular weight is 261 g/mol. The maximum absolute atomic E-state index is 13.7. The Labute approximate surface area is 111 Å². The Morgan fingerprint density at radius 3 is 2.63 bits per heavy atom. The van der Waals surface area contributed by atoms with E-state index in [1.165, 1.54) is 12.1 Å². The standard InChI is InChI=1S/C15H16FNO2/c16-15-7-2-1-6-14(15)11(9-17)10-19-13-5-3-4-12(18)8-13/h1-8,11,18H,9-10,17H2. The summed E-state index contributed by atoms with van der Waals surface area (Å²) in [6.45, 7) is 0.556. The van der Waals surface area contributed by atoms with Gasteiger partial charge in [0, 0.05) is 18.5 Å². The minimum Gasteiger partial charge on any atom is -0.508 e. The van der Waals surface area contributed by atoms with Crippen molar-refractivity contribution in [2.75, 3.05) is 13.2 Å². The second kappa shape index (κ2) is 6.20. The van der Waals surface area contributed by atoms with Crippen LogP contribution in [0.1, 0.15) is 11.5 Å². The molecule has 3 nitrogen and oxygen atoms in total. The molecule has 0 aliphatic carbocycles. The van der Waals surface area contributed by atoms with Gasteiger partial charge in [-0.05, 0) is 23.8 Å². The summed E-state index contributed by atoms with van der Waals surface area (Å²) in [5.74, 6) is 0.170. The molecule has 4 heteroatoms. The molecule has 1 unspecified atom stereocenters. The second-order valence-electron chi connectivity index (χ2n) is 4.26. The maximum atomic E-state index is 13.7. The first-order valence-electron chi connectivity index (χ1n) is 6.07. The molecule has 0 aliphatic rings. The number of hydrogen-bond acceptors (Lipinski definition) is 3. The highest BCUT2D eigenvalue weighted by Gasteiger charge is 2.14. The molecule has 2 aromatic carbocycles. The van der Waals surface area contributed by atoms with Crippen LogP contribution in [0.5, 0.6) is 11.5 Å². The Bertz CT molecular complexity index is 545. The smallest absolute Gasteiger partial charge is 0.126 e. The van der Waals surface area contributed by atoms with Crippen LogP contribution in [0.15, 0.2) is 48.5 Å². The Morgan fingerprint density at radius 1 is 1.16 bits per heavy atom. The number of nitrogens with two attached hydrogens (primary N) is 1.